The zero-order valence-corrected chi connectivity index (χ0v) is 11.7. The van der Waals surface area contributed by atoms with E-state index in [4.69, 9.17) is 0 Å². The van der Waals surface area contributed by atoms with Gasteiger partial charge in [0.15, 0.2) is 0 Å². The Labute approximate surface area is 110 Å². The molecule has 0 bridgehead atoms. The van der Waals surface area contributed by atoms with E-state index >= 15 is 0 Å². The van der Waals surface area contributed by atoms with Crippen molar-refractivity contribution in [1.82, 2.24) is 10.2 Å². The number of hydrogen-bond donors (Lipinski definition) is 1. The van der Waals surface area contributed by atoms with Crippen LogP contribution in [0.15, 0.2) is 0 Å². The summed E-state index contributed by atoms with van der Waals surface area (Å²) in [7, 11) is 0. The van der Waals surface area contributed by atoms with Crippen molar-refractivity contribution in [1.29, 1.82) is 0 Å². The van der Waals surface area contributed by atoms with Gasteiger partial charge in [-0.1, -0.05) is 20.3 Å². The Balaban J connectivity index is 2.57. The molecule has 0 spiro atoms. The molecule has 1 aliphatic heterocycles. The quantitative estimate of drug-likeness (QED) is 0.708. The number of nitrogens with zero attached hydrogens (tertiary/aromatic N) is 1. The molecule has 1 fully saturated rings. The largest absolute Gasteiger partial charge is 0.312 e. The number of carbonyl (C=O) groups excluding carboxylic acids is 2. The van der Waals surface area contributed by atoms with Gasteiger partial charge < -0.3 is 5.32 Å². The molecule has 0 aromatic heterocycles. The maximum atomic E-state index is 11.9. The van der Waals surface area contributed by atoms with Crippen LogP contribution in [0.1, 0.15) is 58.8 Å². The summed E-state index contributed by atoms with van der Waals surface area (Å²) in [4.78, 5) is 25.3. The first kappa shape index (κ1) is 15.2. The van der Waals surface area contributed by atoms with Gasteiger partial charge in [-0.25, -0.2) is 0 Å². The number of rotatable bonds is 7. The Morgan fingerprint density at radius 2 is 1.72 bits per heavy atom. The molecule has 1 atom stereocenters. The molecule has 1 rings (SSSR count). The molecule has 1 unspecified atom stereocenters. The monoisotopic (exact) mass is 254 g/mol. The zero-order chi connectivity index (χ0) is 13.4. The van der Waals surface area contributed by atoms with E-state index in [0.29, 0.717) is 19.4 Å². The number of hydrogen-bond acceptors (Lipinski definition) is 3. The fourth-order valence-corrected chi connectivity index (χ4v) is 2.34. The van der Waals surface area contributed by atoms with Crippen LogP contribution in [0.3, 0.4) is 0 Å². The fourth-order valence-electron chi connectivity index (χ4n) is 2.34. The Bertz CT molecular complexity index is 261. The third kappa shape index (κ3) is 4.77. The third-order valence-electron chi connectivity index (χ3n) is 3.36. The third-order valence-corrected chi connectivity index (χ3v) is 3.36. The smallest absolute Gasteiger partial charge is 0.229 e. The van der Waals surface area contributed by atoms with Crippen LogP contribution >= 0.6 is 0 Å². The SMILES string of the molecule is CCCNC(CCC)CN1C(=O)CCCCC1=O. The van der Waals surface area contributed by atoms with Crippen molar-refractivity contribution in [3.8, 4) is 0 Å². The van der Waals surface area contributed by atoms with Crippen LogP contribution in [0.25, 0.3) is 0 Å². The van der Waals surface area contributed by atoms with Gasteiger partial charge in [0.25, 0.3) is 0 Å². The first-order chi connectivity index (χ1) is 8.69. The van der Waals surface area contributed by atoms with Crippen LogP contribution in [0.4, 0.5) is 0 Å². The zero-order valence-electron chi connectivity index (χ0n) is 11.7. The lowest BCUT2D eigenvalue weighted by Gasteiger charge is -2.25. The average molecular weight is 254 g/mol. The lowest BCUT2D eigenvalue weighted by atomic mass is 10.1. The second kappa shape index (κ2) is 8.25. The van der Waals surface area contributed by atoms with Crippen LogP contribution < -0.4 is 5.32 Å². The van der Waals surface area contributed by atoms with E-state index in [1.54, 1.807) is 0 Å². The first-order valence-electron chi connectivity index (χ1n) is 7.25. The Morgan fingerprint density at radius 3 is 2.22 bits per heavy atom. The summed E-state index contributed by atoms with van der Waals surface area (Å²) in [5, 5.41) is 3.43. The Morgan fingerprint density at radius 1 is 1.11 bits per heavy atom. The molecule has 4 nitrogen and oxygen atoms in total. The normalized spacial score (nSPS) is 18.9. The minimum atomic E-state index is 0.0110. The molecule has 0 aromatic rings. The highest BCUT2D eigenvalue weighted by Crippen LogP contribution is 2.14. The van der Waals surface area contributed by atoms with Crippen LogP contribution in [0.5, 0.6) is 0 Å². The Kier molecular flexibility index (Phi) is 6.94. The second-order valence-electron chi connectivity index (χ2n) is 5.04. The molecule has 1 heterocycles. The van der Waals surface area contributed by atoms with E-state index in [2.05, 4.69) is 19.2 Å². The lowest BCUT2D eigenvalue weighted by molar-refractivity contribution is -0.144. The number of carbonyl (C=O) groups is 2. The van der Waals surface area contributed by atoms with Crippen molar-refractivity contribution in [3.05, 3.63) is 0 Å². The molecule has 0 aliphatic carbocycles. The summed E-state index contributed by atoms with van der Waals surface area (Å²) in [6.07, 6.45) is 5.90. The van der Waals surface area contributed by atoms with Crippen molar-refractivity contribution in [2.75, 3.05) is 13.1 Å². The van der Waals surface area contributed by atoms with Gasteiger partial charge in [-0.15, -0.1) is 0 Å². The van der Waals surface area contributed by atoms with Crippen molar-refractivity contribution in [3.63, 3.8) is 0 Å². The van der Waals surface area contributed by atoms with Gasteiger partial charge in [0.1, 0.15) is 0 Å². The Hall–Kier alpha value is -0.900. The summed E-state index contributed by atoms with van der Waals surface area (Å²) >= 11 is 0. The molecule has 0 radical (unpaired) electrons. The molecule has 1 N–H and O–H groups in total. The van der Waals surface area contributed by atoms with E-state index in [-0.39, 0.29) is 17.9 Å². The number of imide groups is 1. The van der Waals surface area contributed by atoms with Gasteiger partial charge >= 0.3 is 0 Å². The highest BCUT2D eigenvalue weighted by atomic mass is 16.2. The van der Waals surface area contributed by atoms with Gasteiger partial charge in [-0.05, 0) is 32.2 Å². The molecule has 2 amide bonds. The number of amides is 2. The summed E-state index contributed by atoms with van der Waals surface area (Å²) in [6.45, 7) is 5.75. The lowest BCUT2D eigenvalue weighted by Crippen LogP contribution is -2.46. The molecule has 104 valence electrons. The van der Waals surface area contributed by atoms with Gasteiger partial charge in [0.05, 0.1) is 0 Å². The van der Waals surface area contributed by atoms with E-state index < -0.39 is 0 Å². The molecule has 1 saturated heterocycles. The van der Waals surface area contributed by atoms with Crippen molar-refractivity contribution >= 4 is 11.8 Å². The minimum Gasteiger partial charge on any atom is -0.312 e. The van der Waals surface area contributed by atoms with Crippen LogP contribution in [-0.4, -0.2) is 35.8 Å². The molecule has 4 heteroatoms. The molecular weight excluding hydrogens is 228 g/mol. The van der Waals surface area contributed by atoms with Crippen LogP contribution in [0.2, 0.25) is 0 Å². The second-order valence-corrected chi connectivity index (χ2v) is 5.04. The predicted octanol–water partition coefficient (Wildman–Crippen LogP) is 2.08. The summed E-state index contributed by atoms with van der Waals surface area (Å²) < 4.78 is 0. The summed E-state index contributed by atoms with van der Waals surface area (Å²) in [6, 6.07) is 0.251. The highest BCUT2D eigenvalue weighted by molar-refractivity contribution is 5.96. The van der Waals surface area contributed by atoms with Crippen molar-refractivity contribution in [2.45, 2.75) is 64.8 Å². The van der Waals surface area contributed by atoms with Crippen LogP contribution in [-0.2, 0) is 9.59 Å². The maximum absolute atomic E-state index is 11.9. The van der Waals surface area contributed by atoms with E-state index in [0.717, 1.165) is 38.6 Å². The van der Waals surface area contributed by atoms with Crippen LogP contribution in [0, 0.1) is 0 Å². The van der Waals surface area contributed by atoms with Gasteiger partial charge in [-0.3, -0.25) is 14.5 Å². The van der Waals surface area contributed by atoms with Gasteiger partial charge in [-0.2, -0.15) is 0 Å². The molecule has 1 aliphatic rings. The highest BCUT2D eigenvalue weighted by Gasteiger charge is 2.26. The molecule has 18 heavy (non-hydrogen) atoms. The van der Waals surface area contributed by atoms with Gasteiger partial charge in [0, 0.05) is 25.4 Å². The predicted molar refractivity (Wildman–Crippen MR) is 72.2 cm³/mol. The summed E-state index contributed by atoms with van der Waals surface area (Å²) in [5.41, 5.74) is 0. The summed E-state index contributed by atoms with van der Waals surface area (Å²) in [5.74, 6) is 0.0220. The first-order valence-corrected chi connectivity index (χ1v) is 7.25. The van der Waals surface area contributed by atoms with Crippen molar-refractivity contribution < 1.29 is 9.59 Å². The number of likely N-dealkylation sites (tertiary alicyclic amines) is 1. The average Bonchev–Trinajstić information content (AvgIpc) is 2.51. The standard InChI is InChI=1S/C14H26N2O2/c1-3-7-12(15-10-4-2)11-16-13(17)8-5-6-9-14(16)18/h12,15H,3-11H2,1-2H3. The van der Waals surface area contributed by atoms with Crippen molar-refractivity contribution in [2.24, 2.45) is 0 Å². The topological polar surface area (TPSA) is 49.4 Å². The fraction of sp³-hybridized carbons (Fsp3) is 0.857. The molecule has 0 aromatic carbocycles. The van der Waals surface area contributed by atoms with Gasteiger partial charge in [0.2, 0.25) is 11.8 Å². The molecule has 0 saturated carbocycles. The number of nitrogens with one attached hydrogen (secondary N) is 1. The van der Waals surface area contributed by atoms with E-state index in [1.165, 1.54) is 4.90 Å². The van der Waals surface area contributed by atoms with E-state index in [9.17, 15) is 9.59 Å². The minimum absolute atomic E-state index is 0.0110. The van der Waals surface area contributed by atoms with E-state index in [1.807, 2.05) is 0 Å². The maximum Gasteiger partial charge on any atom is 0.229 e. The molecular formula is C14H26N2O2.